The van der Waals surface area contributed by atoms with Crippen molar-refractivity contribution in [3.05, 3.63) is 52.0 Å². The van der Waals surface area contributed by atoms with Crippen LogP contribution in [0.15, 0.2) is 41.8 Å². The zero-order valence-electron chi connectivity index (χ0n) is 10.2. The second-order valence-corrected chi connectivity index (χ2v) is 5.07. The highest BCUT2D eigenvalue weighted by atomic mass is 32.1. The third kappa shape index (κ3) is 3.01. The Morgan fingerprint density at radius 3 is 2.61 bits per heavy atom. The number of aromatic nitrogens is 1. The number of pyridine rings is 1. The van der Waals surface area contributed by atoms with Crippen molar-refractivity contribution in [1.82, 2.24) is 10.4 Å². The summed E-state index contributed by atoms with van der Waals surface area (Å²) in [5.74, 6) is -0.179. The summed E-state index contributed by atoms with van der Waals surface area (Å²) in [6.07, 6.45) is 3.39. The molecule has 0 aliphatic carbocycles. The minimum atomic E-state index is -0.179. The quantitative estimate of drug-likeness (QED) is 0.680. The van der Waals surface area contributed by atoms with Crippen molar-refractivity contribution in [3.8, 4) is 0 Å². The molecule has 1 N–H and O–H groups in total. The molecule has 92 valence electrons. The molecule has 0 bridgehead atoms. The van der Waals surface area contributed by atoms with Gasteiger partial charge in [-0.05, 0) is 38.1 Å². The number of hydrogen-bond donors (Lipinski definition) is 1. The zero-order valence-corrected chi connectivity index (χ0v) is 11.0. The maximum atomic E-state index is 11.8. The van der Waals surface area contributed by atoms with E-state index in [-0.39, 0.29) is 5.91 Å². The Labute approximate surface area is 109 Å². The lowest BCUT2D eigenvalue weighted by molar-refractivity contribution is 0.0959. The van der Waals surface area contributed by atoms with Gasteiger partial charge in [0.1, 0.15) is 0 Å². The summed E-state index contributed by atoms with van der Waals surface area (Å²) >= 11 is 1.45. The summed E-state index contributed by atoms with van der Waals surface area (Å²) in [5.41, 5.74) is 4.24. The van der Waals surface area contributed by atoms with E-state index in [1.54, 1.807) is 18.5 Å². The molecule has 0 aliphatic heterocycles. The summed E-state index contributed by atoms with van der Waals surface area (Å²) in [4.78, 5) is 17.5. The van der Waals surface area contributed by atoms with E-state index >= 15 is 0 Å². The van der Waals surface area contributed by atoms with Gasteiger partial charge in [-0.15, -0.1) is 11.3 Å². The molecule has 1 amide bonds. The lowest BCUT2D eigenvalue weighted by Gasteiger charge is -2.01. The van der Waals surface area contributed by atoms with Crippen molar-refractivity contribution < 1.29 is 4.79 Å². The fourth-order valence-corrected chi connectivity index (χ4v) is 2.16. The van der Waals surface area contributed by atoms with Crippen LogP contribution in [0.5, 0.6) is 0 Å². The highest BCUT2D eigenvalue weighted by Crippen LogP contribution is 2.14. The number of carbonyl (C=O) groups is 1. The number of hydrazone groups is 1. The first-order chi connectivity index (χ1) is 8.66. The molecule has 4 nitrogen and oxygen atoms in total. The molecule has 0 aromatic carbocycles. The molecule has 0 aliphatic rings. The van der Waals surface area contributed by atoms with Gasteiger partial charge in [0.25, 0.3) is 5.91 Å². The van der Waals surface area contributed by atoms with E-state index in [1.807, 2.05) is 32.0 Å². The van der Waals surface area contributed by atoms with Crippen LogP contribution in [0.2, 0.25) is 0 Å². The first-order valence-electron chi connectivity index (χ1n) is 5.48. The number of carbonyl (C=O) groups excluding carboxylic acids is 1. The first kappa shape index (κ1) is 12.4. The minimum absolute atomic E-state index is 0.179. The third-order valence-electron chi connectivity index (χ3n) is 2.39. The molecule has 0 fully saturated rings. The van der Waals surface area contributed by atoms with Gasteiger partial charge in [0.15, 0.2) is 0 Å². The Morgan fingerprint density at radius 1 is 1.28 bits per heavy atom. The molecule has 0 radical (unpaired) electrons. The highest BCUT2D eigenvalue weighted by Gasteiger charge is 2.06. The van der Waals surface area contributed by atoms with Gasteiger partial charge in [-0.1, -0.05) is 0 Å². The van der Waals surface area contributed by atoms with Gasteiger partial charge in [0.2, 0.25) is 0 Å². The van der Waals surface area contributed by atoms with Crippen LogP contribution in [-0.2, 0) is 0 Å². The number of rotatable bonds is 3. The van der Waals surface area contributed by atoms with E-state index in [4.69, 9.17) is 0 Å². The number of nitrogens with one attached hydrogen (secondary N) is 1. The molecule has 2 aromatic rings. The highest BCUT2D eigenvalue weighted by molar-refractivity contribution is 7.13. The van der Waals surface area contributed by atoms with Crippen molar-refractivity contribution in [2.75, 3.05) is 0 Å². The fourth-order valence-electron chi connectivity index (χ4n) is 1.40. The van der Waals surface area contributed by atoms with Crippen molar-refractivity contribution in [2.24, 2.45) is 5.10 Å². The molecular weight excluding hydrogens is 246 g/mol. The summed E-state index contributed by atoms with van der Waals surface area (Å²) in [6, 6.07) is 7.41. The topological polar surface area (TPSA) is 54.4 Å². The SMILES string of the molecule is C/C(=N\NC(=O)c1ccc(C)s1)c1ccncc1. The zero-order chi connectivity index (χ0) is 13.0. The summed E-state index contributed by atoms with van der Waals surface area (Å²) < 4.78 is 0. The van der Waals surface area contributed by atoms with Crippen LogP contribution in [0.3, 0.4) is 0 Å². The summed E-state index contributed by atoms with van der Waals surface area (Å²) in [7, 11) is 0. The van der Waals surface area contributed by atoms with Crippen molar-refractivity contribution in [2.45, 2.75) is 13.8 Å². The summed E-state index contributed by atoms with van der Waals surface area (Å²) in [6.45, 7) is 3.81. The predicted molar refractivity (Wildman–Crippen MR) is 73.0 cm³/mol. The Kier molecular flexibility index (Phi) is 3.84. The van der Waals surface area contributed by atoms with Crippen LogP contribution in [0.1, 0.15) is 27.0 Å². The van der Waals surface area contributed by atoms with Crippen LogP contribution in [0.25, 0.3) is 0 Å². The Bertz CT molecular complexity index is 575. The van der Waals surface area contributed by atoms with Crippen molar-refractivity contribution in [3.63, 3.8) is 0 Å². The molecule has 0 saturated carbocycles. The average Bonchev–Trinajstić information content (AvgIpc) is 2.83. The van der Waals surface area contributed by atoms with Gasteiger partial charge >= 0.3 is 0 Å². The molecule has 0 spiro atoms. The fraction of sp³-hybridized carbons (Fsp3) is 0.154. The number of nitrogens with zero attached hydrogens (tertiary/aromatic N) is 2. The van der Waals surface area contributed by atoms with Gasteiger partial charge in [-0.25, -0.2) is 5.43 Å². The third-order valence-corrected chi connectivity index (χ3v) is 3.39. The van der Waals surface area contributed by atoms with E-state index < -0.39 is 0 Å². The Morgan fingerprint density at radius 2 is 2.00 bits per heavy atom. The van der Waals surface area contributed by atoms with Crippen LogP contribution < -0.4 is 5.43 Å². The van der Waals surface area contributed by atoms with E-state index in [9.17, 15) is 4.79 Å². The average molecular weight is 259 g/mol. The monoisotopic (exact) mass is 259 g/mol. The van der Waals surface area contributed by atoms with Crippen LogP contribution in [-0.4, -0.2) is 16.6 Å². The molecule has 18 heavy (non-hydrogen) atoms. The van der Waals surface area contributed by atoms with E-state index in [2.05, 4.69) is 15.5 Å². The number of amides is 1. The van der Waals surface area contributed by atoms with Crippen LogP contribution >= 0.6 is 11.3 Å². The molecule has 0 atom stereocenters. The Hall–Kier alpha value is -2.01. The van der Waals surface area contributed by atoms with Crippen molar-refractivity contribution in [1.29, 1.82) is 0 Å². The van der Waals surface area contributed by atoms with Gasteiger partial charge in [0.05, 0.1) is 10.6 Å². The van der Waals surface area contributed by atoms with Gasteiger partial charge < -0.3 is 0 Å². The molecule has 2 rings (SSSR count). The number of aryl methyl sites for hydroxylation is 1. The van der Waals surface area contributed by atoms with Crippen LogP contribution in [0, 0.1) is 6.92 Å². The number of thiophene rings is 1. The van der Waals surface area contributed by atoms with Gasteiger partial charge in [0, 0.05) is 22.8 Å². The smallest absolute Gasteiger partial charge is 0.266 e. The summed E-state index contributed by atoms with van der Waals surface area (Å²) in [5, 5.41) is 4.08. The molecule has 0 saturated heterocycles. The van der Waals surface area contributed by atoms with E-state index in [1.165, 1.54) is 11.3 Å². The first-order valence-corrected chi connectivity index (χ1v) is 6.30. The normalized spacial score (nSPS) is 11.3. The maximum Gasteiger partial charge on any atom is 0.281 e. The molecule has 5 heteroatoms. The second-order valence-electron chi connectivity index (χ2n) is 3.78. The predicted octanol–water partition coefficient (Wildman–Crippen LogP) is 2.61. The molecule has 2 aromatic heterocycles. The molecule has 2 heterocycles. The maximum absolute atomic E-state index is 11.8. The van der Waals surface area contributed by atoms with Crippen molar-refractivity contribution >= 4 is 23.0 Å². The molecular formula is C13H13N3OS. The van der Waals surface area contributed by atoms with Gasteiger partial charge in [-0.2, -0.15) is 5.10 Å². The molecule has 0 unspecified atom stereocenters. The van der Waals surface area contributed by atoms with E-state index in [0.29, 0.717) is 4.88 Å². The van der Waals surface area contributed by atoms with Crippen LogP contribution in [0.4, 0.5) is 0 Å². The number of hydrogen-bond acceptors (Lipinski definition) is 4. The lowest BCUT2D eigenvalue weighted by atomic mass is 10.2. The lowest BCUT2D eigenvalue weighted by Crippen LogP contribution is -2.18. The Balaban J connectivity index is 2.05. The standard InChI is InChI=1S/C13H13N3OS/c1-9-3-4-12(18-9)13(17)16-15-10(2)11-5-7-14-8-6-11/h3-8H,1-2H3,(H,16,17)/b15-10+. The van der Waals surface area contributed by atoms with Gasteiger partial charge in [-0.3, -0.25) is 9.78 Å². The second kappa shape index (κ2) is 5.55. The van der Waals surface area contributed by atoms with E-state index in [0.717, 1.165) is 16.2 Å². The largest absolute Gasteiger partial charge is 0.281 e. The minimum Gasteiger partial charge on any atom is -0.266 e.